The largest absolute Gasteiger partial charge is 0.491 e. The molecule has 1 aliphatic heterocycles. The van der Waals surface area contributed by atoms with Crippen LogP contribution in [0.15, 0.2) is 36.4 Å². The van der Waals surface area contributed by atoms with E-state index in [0.29, 0.717) is 50.1 Å². The van der Waals surface area contributed by atoms with Crippen LogP contribution in [-0.4, -0.2) is 66.8 Å². The summed E-state index contributed by atoms with van der Waals surface area (Å²) in [5, 5.41) is 0. The molecule has 2 heterocycles. The van der Waals surface area contributed by atoms with E-state index in [1.165, 1.54) is 0 Å². The van der Waals surface area contributed by atoms with Crippen LogP contribution in [0, 0.1) is 17.6 Å². The SMILES string of the molecule is CCN(C(=O)C(C)C)[C@H]1CCN(c2nc3cc(F)c(F)cc3nc2-c2cccc(OCCOC)c2)C1. The summed E-state index contributed by atoms with van der Waals surface area (Å²) in [7, 11) is 1.61. The van der Waals surface area contributed by atoms with Crippen molar-refractivity contribution in [1.82, 2.24) is 14.9 Å². The molecule has 1 atom stereocenters. The maximum Gasteiger partial charge on any atom is 0.225 e. The van der Waals surface area contributed by atoms with Crippen molar-refractivity contribution in [2.24, 2.45) is 5.92 Å². The first-order chi connectivity index (χ1) is 17.3. The Morgan fingerprint density at radius 3 is 2.53 bits per heavy atom. The van der Waals surface area contributed by atoms with Crippen molar-refractivity contribution in [2.45, 2.75) is 33.2 Å². The molecule has 1 saturated heterocycles. The van der Waals surface area contributed by atoms with E-state index in [2.05, 4.69) is 4.90 Å². The maximum atomic E-state index is 14.0. The lowest BCUT2D eigenvalue weighted by atomic mass is 10.1. The van der Waals surface area contributed by atoms with E-state index in [9.17, 15) is 13.6 Å². The van der Waals surface area contributed by atoms with Gasteiger partial charge in [-0.05, 0) is 25.5 Å². The third kappa shape index (κ3) is 5.41. The molecule has 0 aliphatic carbocycles. The molecule has 1 aliphatic rings. The highest BCUT2D eigenvalue weighted by atomic mass is 19.2. The third-order valence-electron chi connectivity index (χ3n) is 6.37. The number of carbonyl (C=O) groups excluding carboxylic acids is 1. The summed E-state index contributed by atoms with van der Waals surface area (Å²) in [6.45, 7) is 8.49. The molecule has 2 aromatic carbocycles. The predicted molar refractivity (Wildman–Crippen MR) is 135 cm³/mol. The Labute approximate surface area is 210 Å². The van der Waals surface area contributed by atoms with Crippen LogP contribution in [0.4, 0.5) is 14.6 Å². The number of methoxy groups -OCH3 is 1. The van der Waals surface area contributed by atoms with Crippen molar-refractivity contribution in [3.8, 4) is 17.0 Å². The first-order valence-corrected chi connectivity index (χ1v) is 12.3. The zero-order chi connectivity index (χ0) is 25.8. The highest BCUT2D eigenvalue weighted by molar-refractivity contribution is 5.84. The number of amides is 1. The molecule has 0 unspecified atom stereocenters. The Balaban J connectivity index is 1.74. The molecule has 36 heavy (non-hydrogen) atoms. The van der Waals surface area contributed by atoms with Gasteiger partial charge in [-0.15, -0.1) is 0 Å². The fourth-order valence-electron chi connectivity index (χ4n) is 4.55. The lowest BCUT2D eigenvalue weighted by Gasteiger charge is -2.30. The highest BCUT2D eigenvalue weighted by Gasteiger charge is 2.33. The smallest absolute Gasteiger partial charge is 0.225 e. The molecule has 0 radical (unpaired) electrons. The molecule has 3 aromatic rings. The predicted octanol–water partition coefficient (Wildman–Crippen LogP) is 4.68. The number of likely N-dealkylation sites (N-methyl/N-ethyl adjacent to an activating group) is 1. The number of ether oxygens (including phenoxy) is 2. The molecule has 9 heteroatoms. The zero-order valence-corrected chi connectivity index (χ0v) is 21.1. The number of halogens is 2. The van der Waals surface area contributed by atoms with E-state index in [4.69, 9.17) is 19.4 Å². The molecule has 0 saturated carbocycles. The van der Waals surface area contributed by atoms with Crippen LogP contribution in [0.1, 0.15) is 27.2 Å². The Morgan fingerprint density at radius 2 is 1.86 bits per heavy atom. The molecule has 1 aromatic heterocycles. The third-order valence-corrected chi connectivity index (χ3v) is 6.37. The average Bonchev–Trinajstić information content (AvgIpc) is 3.34. The lowest BCUT2D eigenvalue weighted by Crippen LogP contribution is -2.43. The summed E-state index contributed by atoms with van der Waals surface area (Å²) < 4.78 is 38.9. The number of hydrogen-bond acceptors (Lipinski definition) is 6. The van der Waals surface area contributed by atoms with E-state index in [0.717, 1.165) is 24.1 Å². The van der Waals surface area contributed by atoms with E-state index in [-0.39, 0.29) is 28.9 Å². The number of hydrogen-bond donors (Lipinski definition) is 0. The fraction of sp³-hybridized carbons (Fsp3) is 0.444. The molecule has 0 N–H and O–H groups in total. The number of nitrogens with zero attached hydrogens (tertiary/aromatic N) is 4. The van der Waals surface area contributed by atoms with E-state index in [1.54, 1.807) is 7.11 Å². The minimum atomic E-state index is -0.973. The number of aromatic nitrogens is 2. The summed E-state index contributed by atoms with van der Waals surface area (Å²) in [6.07, 6.45) is 0.781. The van der Waals surface area contributed by atoms with Crippen molar-refractivity contribution in [3.05, 3.63) is 48.0 Å². The minimum absolute atomic E-state index is 0.0314. The number of carbonyl (C=O) groups is 1. The summed E-state index contributed by atoms with van der Waals surface area (Å²) in [4.78, 5) is 26.2. The molecule has 0 bridgehead atoms. The van der Waals surface area contributed by atoms with Crippen molar-refractivity contribution in [2.75, 3.05) is 44.9 Å². The van der Waals surface area contributed by atoms with Gasteiger partial charge in [0.25, 0.3) is 0 Å². The standard InChI is InChI=1S/C27H32F2N4O3/c1-5-33(27(34)17(2)3)19-9-10-32(16-19)26-25(18-7-6-8-20(13-18)36-12-11-35-4)30-23-14-21(28)22(29)15-24(23)31-26/h6-8,13-15,17,19H,5,9-12,16H2,1-4H3/t19-/m0/s1. The molecule has 0 spiro atoms. The van der Waals surface area contributed by atoms with Gasteiger partial charge < -0.3 is 19.3 Å². The second-order valence-electron chi connectivity index (χ2n) is 9.19. The number of anilines is 1. The van der Waals surface area contributed by atoms with Gasteiger partial charge in [-0.1, -0.05) is 26.0 Å². The summed E-state index contributed by atoms with van der Waals surface area (Å²) >= 11 is 0. The Morgan fingerprint density at radius 1 is 1.14 bits per heavy atom. The Kier molecular flexibility index (Phi) is 7.98. The number of rotatable bonds is 9. The van der Waals surface area contributed by atoms with Crippen molar-refractivity contribution >= 4 is 22.8 Å². The normalized spacial score (nSPS) is 15.6. The van der Waals surface area contributed by atoms with Crippen LogP contribution >= 0.6 is 0 Å². The Hall–Kier alpha value is -3.33. The fourth-order valence-corrected chi connectivity index (χ4v) is 4.55. The molecule has 7 nitrogen and oxygen atoms in total. The van der Waals surface area contributed by atoms with Gasteiger partial charge in [-0.25, -0.2) is 18.7 Å². The van der Waals surface area contributed by atoms with Crippen LogP contribution in [0.2, 0.25) is 0 Å². The summed E-state index contributed by atoms with van der Waals surface area (Å²) in [5.41, 5.74) is 1.83. The van der Waals surface area contributed by atoms with Crippen molar-refractivity contribution < 1.29 is 23.0 Å². The van der Waals surface area contributed by atoms with Crippen LogP contribution in [-0.2, 0) is 9.53 Å². The van der Waals surface area contributed by atoms with Gasteiger partial charge >= 0.3 is 0 Å². The van der Waals surface area contributed by atoms with E-state index in [1.807, 2.05) is 49.9 Å². The van der Waals surface area contributed by atoms with Crippen LogP contribution < -0.4 is 9.64 Å². The van der Waals surface area contributed by atoms with Gasteiger partial charge in [-0.3, -0.25) is 4.79 Å². The van der Waals surface area contributed by atoms with Gasteiger partial charge in [0.1, 0.15) is 18.1 Å². The van der Waals surface area contributed by atoms with Gasteiger partial charge in [0.05, 0.1) is 23.7 Å². The highest BCUT2D eigenvalue weighted by Crippen LogP contribution is 2.34. The first-order valence-electron chi connectivity index (χ1n) is 12.3. The van der Waals surface area contributed by atoms with Crippen LogP contribution in [0.25, 0.3) is 22.3 Å². The van der Waals surface area contributed by atoms with Gasteiger partial charge in [0.15, 0.2) is 17.5 Å². The van der Waals surface area contributed by atoms with Crippen molar-refractivity contribution in [1.29, 1.82) is 0 Å². The average molecular weight is 499 g/mol. The van der Waals surface area contributed by atoms with Crippen LogP contribution in [0.3, 0.4) is 0 Å². The molecular formula is C27H32F2N4O3. The Bertz CT molecular complexity index is 1240. The maximum absolute atomic E-state index is 14.0. The molecular weight excluding hydrogens is 466 g/mol. The van der Waals surface area contributed by atoms with Gasteiger partial charge in [0.2, 0.25) is 5.91 Å². The number of fused-ring (bicyclic) bond motifs is 1. The molecule has 192 valence electrons. The second kappa shape index (κ2) is 11.2. The quantitative estimate of drug-likeness (QED) is 0.399. The van der Waals surface area contributed by atoms with Crippen molar-refractivity contribution in [3.63, 3.8) is 0 Å². The minimum Gasteiger partial charge on any atom is -0.491 e. The summed E-state index contributed by atoms with van der Waals surface area (Å²) in [5.74, 6) is -0.705. The van der Waals surface area contributed by atoms with E-state index < -0.39 is 11.6 Å². The van der Waals surface area contributed by atoms with E-state index >= 15 is 0 Å². The molecule has 4 rings (SSSR count). The monoisotopic (exact) mass is 498 g/mol. The topological polar surface area (TPSA) is 67.8 Å². The van der Waals surface area contributed by atoms with Gasteiger partial charge in [0, 0.05) is 50.4 Å². The summed E-state index contributed by atoms with van der Waals surface area (Å²) in [6, 6.07) is 9.60. The first kappa shape index (κ1) is 25.8. The molecule has 1 fully saturated rings. The zero-order valence-electron chi connectivity index (χ0n) is 21.1. The molecule has 1 amide bonds. The lowest BCUT2D eigenvalue weighted by molar-refractivity contribution is -0.136. The number of benzene rings is 2. The van der Waals surface area contributed by atoms with Crippen LogP contribution in [0.5, 0.6) is 5.75 Å². The van der Waals surface area contributed by atoms with Gasteiger partial charge in [-0.2, -0.15) is 0 Å². The second-order valence-corrected chi connectivity index (χ2v) is 9.19.